The minimum atomic E-state index is -0.466. The van der Waals surface area contributed by atoms with Crippen molar-refractivity contribution < 1.29 is 28.3 Å². The van der Waals surface area contributed by atoms with Crippen molar-refractivity contribution >= 4 is 17.7 Å². The Morgan fingerprint density at radius 2 is 1.72 bits per heavy atom. The van der Waals surface area contributed by atoms with Gasteiger partial charge in [0.25, 0.3) is 11.8 Å². The molecule has 29 heavy (non-hydrogen) atoms. The lowest BCUT2D eigenvalue weighted by Gasteiger charge is -2.31. The van der Waals surface area contributed by atoms with E-state index in [0.717, 1.165) is 0 Å². The summed E-state index contributed by atoms with van der Waals surface area (Å²) in [5, 5.41) is 0. The number of nitrogens with zero attached hydrogens (tertiary/aromatic N) is 1. The summed E-state index contributed by atoms with van der Waals surface area (Å²) in [5.41, 5.74) is 5.69. The van der Waals surface area contributed by atoms with Gasteiger partial charge in [-0.25, -0.2) is 0 Å². The molecule has 0 aliphatic carbocycles. The molecule has 2 aromatic rings. The fourth-order valence-corrected chi connectivity index (χ4v) is 3.18. The third-order valence-electron chi connectivity index (χ3n) is 4.87. The third kappa shape index (κ3) is 4.68. The summed E-state index contributed by atoms with van der Waals surface area (Å²) in [6.45, 7) is 0.928. The number of methoxy groups -OCH3 is 2. The van der Waals surface area contributed by atoms with Gasteiger partial charge in [-0.15, -0.1) is 0 Å². The van der Waals surface area contributed by atoms with Crippen molar-refractivity contribution in [1.29, 1.82) is 0 Å². The average molecular weight is 401 g/mol. The highest BCUT2D eigenvalue weighted by Crippen LogP contribution is 2.27. The maximum Gasteiger partial charge on any atom is 0.269 e. The van der Waals surface area contributed by atoms with E-state index < -0.39 is 5.91 Å². The molecule has 154 valence electrons. The monoisotopic (exact) mass is 401 g/mol. The second kappa shape index (κ2) is 9.13. The van der Waals surface area contributed by atoms with Crippen LogP contribution < -0.4 is 20.3 Å². The lowest BCUT2D eigenvalue weighted by atomic mass is 9.96. The Bertz CT molecular complexity index is 872. The van der Waals surface area contributed by atoms with Crippen LogP contribution in [0.4, 0.5) is 0 Å². The number of piperidine rings is 1. The Balaban J connectivity index is 1.49. The van der Waals surface area contributed by atoms with Gasteiger partial charge in [0.1, 0.15) is 6.26 Å². The van der Waals surface area contributed by atoms with Crippen LogP contribution >= 0.6 is 0 Å². The molecule has 0 atom stereocenters. The van der Waals surface area contributed by atoms with Gasteiger partial charge >= 0.3 is 0 Å². The highest BCUT2D eigenvalue weighted by atomic mass is 16.5. The molecule has 0 spiro atoms. The molecule has 0 bridgehead atoms. The first-order chi connectivity index (χ1) is 14.0. The van der Waals surface area contributed by atoms with E-state index in [2.05, 4.69) is 10.9 Å². The molecule has 0 saturated carbocycles. The summed E-state index contributed by atoms with van der Waals surface area (Å²) >= 11 is 0. The first-order valence-corrected chi connectivity index (χ1v) is 9.17. The van der Waals surface area contributed by atoms with Crippen molar-refractivity contribution in [3.63, 3.8) is 0 Å². The topological polar surface area (TPSA) is 110 Å². The van der Waals surface area contributed by atoms with E-state index >= 15 is 0 Å². The van der Waals surface area contributed by atoms with Crippen LogP contribution in [0.1, 0.15) is 33.6 Å². The molecule has 9 nitrogen and oxygen atoms in total. The molecule has 2 N–H and O–H groups in total. The molecule has 1 aliphatic rings. The van der Waals surface area contributed by atoms with E-state index in [0.29, 0.717) is 48.6 Å². The molecular weight excluding hydrogens is 378 g/mol. The number of amides is 3. The zero-order valence-electron chi connectivity index (χ0n) is 16.3. The Kier molecular flexibility index (Phi) is 6.38. The van der Waals surface area contributed by atoms with Crippen molar-refractivity contribution in [1.82, 2.24) is 15.8 Å². The molecule has 1 aliphatic heterocycles. The van der Waals surface area contributed by atoms with Crippen LogP contribution in [0.3, 0.4) is 0 Å². The molecule has 1 fully saturated rings. The molecule has 1 aromatic heterocycles. The Hall–Kier alpha value is -3.49. The Labute approximate surface area is 167 Å². The van der Waals surface area contributed by atoms with Crippen molar-refractivity contribution in [2.45, 2.75) is 12.8 Å². The van der Waals surface area contributed by atoms with Gasteiger partial charge < -0.3 is 18.8 Å². The van der Waals surface area contributed by atoms with E-state index in [1.54, 1.807) is 23.1 Å². The molecule has 0 radical (unpaired) electrons. The summed E-state index contributed by atoms with van der Waals surface area (Å²) in [4.78, 5) is 38.6. The minimum Gasteiger partial charge on any atom is -0.493 e. The van der Waals surface area contributed by atoms with Gasteiger partial charge in [-0.2, -0.15) is 0 Å². The number of carbonyl (C=O) groups is 3. The molecule has 3 rings (SSSR count). The van der Waals surface area contributed by atoms with Gasteiger partial charge in [-0.1, -0.05) is 0 Å². The van der Waals surface area contributed by atoms with Crippen LogP contribution in [-0.2, 0) is 4.79 Å². The number of rotatable bonds is 5. The van der Waals surface area contributed by atoms with Crippen LogP contribution in [0.2, 0.25) is 0 Å². The first-order valence-electron chi connectivity index (χ1n) is 9.17. The number of carbonyl (C=O) groups excluding carboxylic acids is 3. The zero-order valence-corrected chi connectivity index (χ0v) is 16.3. The van der Waals surface area contributed by atoms with Crippen LogP contribution in [0.5, 0.6) is 11.5 Å². The standard InChI is InChI=1S/C20H23N3O6/c1-27-16-4-3-14(11-17(16)28-2)19(25)22-21-18(24)13-5-8-23(9-6-13)20(26)15-7-10-29-12-15/h3-4,7,10-13H,5-6,8-9H2,1-2H3,(H,21,24)(H,22,25). The Morgan fingerprint density at radius 1 is 1.00 bits per heavy atom. The SMILES string of the molecule is COc1ccc(C(=O)NNC(=O)C2CCN(C(=O)c3ccoc3)CC2)cc1OC. The van der Waals surface area contributed by atoms with E-state index in [9.17, 15) is 14.4 Å². The second-order valence-corrected chi connectivity index (χ2v) is 6.59. The molecular formula is C20H23N3O6. The number of ether oxygens (including phenoxy) is 2. The van der Waals surface area contributed by atoms with Crippen LogP contribution in [0.25, 0.3) is 0 Å². The van der Waals surface area contributed by atoms with Gasteiger partial charge in [0.15, 0.2) is 11.5 Å². The van der Waals surface area contributed by atoms with Gasteiger partial charge in [0.05, 0.1) is 26.0 Å². The number of likely N-dealkylation sites (tertiary alicyclic amines) is 1. The van der Waals surface area contributed by atoms with Crippen LogP contribution in [0, 0.1) is 5.92 Å². The highest BCUT2D eigenvalue weighted by Gasteiger charge is 2.28. The van der Waals surface area contributed by atoms with E-state index in [-0.39, 0.29) is 17.7 Å². The predicted molar refractivity (Wildman–Crippen MR) is 102 cm³/mol. The Morgan fingerprint density at radius 3 is 2.34 bits per heavy atom. The maximum atomic E-state index is 12.4. The van der Waals surface area contributed by atoms with E-state index in [4.69, 9.17) is 13.9 Å². The smallest absolute Gasteiger partial charge is 0.269 e. The summed E-state index contributed by atoms with van der Waals surface area (Å²) < 4.78 is 15.2. The van der Waals surface area contributed by atoms with Crippen molar-refractivity contribution in [3.05, 3.63) is 47.9 Å². The highest BCUT2D eigenvalue weighted by molar-refractivity contribution is 5.96. The second-order valence-electron chi connectivity index (χ2n) is 6.59. The molecule has 9 heteroatoms. The quantitative estimate of drug-likeness (QED) is 0.737. The third-order valence-corrected chi connectivity index (χ3v) is 4.87. The molecule has 1 aromatic carbocycles. The first kappa shape index (κ1) is 20.2. The van der Waals surface area contributed by atoms with Gasteiger partial charge in [-0.05, 0) is 37.1 Å². The fourth-order valence-electron chi connectivity index (χ4n) is 3.18. The van der Waals surface area contributed by atoms with Crippen molar-refractivity contribution in [2.24, 2.45) is 5.92 Å². The maximum absolute atomic E-state index is 12.4. The molecule has 1 saturated heterocycles. The van der Waals surface area contributed by atoms with Gasteiger partial charge in [0, 0.05) is 24.6 Å². The molecule has 3 amide bonds. The number of furan rings is 1. The van der Waals surface area contributed by atoms with Crippen molar-refractivity contribution in [2.75, 3.05) is 27.3 Å². The zero-order chi connectivity index (χ0) is 20.8. The molecule has 0 unspecified atom stereocenters. The van der Waals surface area contributed by atoms with Gasteiger partial charge in [-0.3, -0.25) is 25.2 Å². The van der Waals surface area contributed by atoms with Gasteiger partial charge in [0.2, 0.25) is 5.91 Å². The normalized spacial score (nSPS) is 14.2. The average Bonchev–Trinajstić information content (AvgIpc) is 3.31. The summed E-state index contributed by atoms with van der Waals surface area (Å²) in [7, 11) is 2.98. The van der Waals surface area contributed by atoms with Crippen molar-refractivity contribution in [3.8, 4) is 11.5 Å². The fraction of sp³-hybridized carbons (Fsp3) is 0.350. The number of hydrogen-bond acceptors (Lipinski definition) is 6. The van der Waals surface area contributed by atoms with E-state index in [1.807, 2.05) is 0 Å². The van der Waals surface area contributed by atoms with Crippen LogP contribution in [-0.4, -0.2) is 49.9 Å². The van der Waals surface area contributed by atoms with Crippen LogP contribution in [0.15, 0.2) is 41.2 Å². The summed E-state index contributed by atoms with van der Waals surface area (Å²) in [6, 6.07) is 6.33. The number of nitrogens with one attached hydrogen (secondary N) is 2. The minimum absolute atomic E-state index is 0.112. The lowest BCUT2D eigenvalue weighted by molar-refractivity contribution is -0.127. The largest absolute Gasteiger partial charge is 0.493 e. The predicted octanol–water partition coefficient (Wildman–Crippen LogP) is 1.61. The number of benzene rings is 1. The lowest BCUT2D eigenvalue weighted by Crippen LogP contribution is -2.48. The number of hydrogen-bond donors (Lipinski definition) is 2. The van der Waals surface area contributed by atoms with E-state index in [1.165, 1.54) is 32.8 Å². The summed E-state index contributed by atoms with van der Waals surface area (Å²) in [5.74, 6) is -0.222. The molecule has 2 heterocycles. The number of hydrazine groups is 1. The summed E-state index contributed by atoms with van der Waals surface area (Å²) in [6.07, 6.45) is 3.89.